The van der Waals surface area contributed by atoms with Crippen LogP contribution in [0.2, 0.25) is 0 Å². The fourth-order valence-electron chi connectivity index (χ4n) is 2.31. The third-order valence-corrected chi connectivity index (χ3v) is 5.07. The third-order valence-electron chi connectivity index (χ3n) is 3.53. The number of hydrogen-bond acceptors (Lipinski definition) is 2. The molecule has 0 amide bonds. The lowest BCUT2D eigenvalue weighted by Crippen LogP contribution is -2.34. The molecule has 2 atom stereocenters. The van der Waals surface area contributed by atoms with Gasteiger partial charge >= 0.3 is 0 Å². The largest absolute Gasteiger partial charge is 0.309 e. The molecule has 1 aromatic rings. The number of benzene rings is 1. The molecule has 1 aromatic carbocycles. The second-order valence-electron chi connectivity index (χ2n) is 5.15. The summed E-state index contributed by atoms with van der Waals surface area (Å²) in [6, 6.07) is 4.18. The van der Waals surface area contributed by atoms with Gasteiger partial charge in [-0.05, 0) is 38.5 Å². The van der Waals surface area contributed by atoms with Crippen molar-refractivity contribution < 1.29 is 8.78 Å². The van der Waals surface area contributed by atoms with Crippen LogP contribution in [0.1, 0.15) is 38.3 Å². The Kier molecular flexibility index (Phi) is 4.28. The Labute approximate surface area is 111 Å². The zero-order chi connectivity index (χ0) is 13.2. The van der Waals surface area contributed by atoms with Crippen molar-refractivity contribution in [1.29, 1.82) is 0 Å². The van der Waals surface area contributed by atoms with Crippen molar-refractivity contribution >= 4 is 11.8 Å². The van der Waals surface area contributed by atoms with Gasteiger partial charge in [0.15, 0.2) is 11.6 Å². The monoisotopic (exact) mass is 271 g/mol. The summed E-state index contributed by atoms with van der Waals surface area (Å²) in [4.78, 5) is 0. The first-order valence-corrected chi connectivity index (χ1v) is 7.32. The number of thioether (sulfide) groups is 1. The van der Waals surface area contributed by atoms with E-state index in [9.17, 15) is 8.78 Å². The Morgan fingerprint density at radius 2 is 2.22 bits per heavy atom. The lowest BCUT2D eigenvalue weighted by atomic mass is 10.0. The van der Waals surface area contributed by atoms with E-state index < -0.39 is 11.6 Å². The molecule has 18 heavy (non-hydrogen) atoms. The summed E-state index contributed by atoms with van der Waals surface area (Å²) < 4.78 is 27.0. The molecule has 1 heterocycles. The highest BCUT2D eigenvalue weighted by Gasteiger charge is 2.29. The first-order valence-electron chi connectivity index (χ1n) is 6.33. The van der Waals surface area contributed by atoms with Crippen molar-refractivity contribution in [3.8, 4) is 0 Å². The standard InChI is InChI=1S/C14H19F2NS/c1-10(11-5-3-6-12(15)13(11)16)17-9-14(2)7-4-8-18-14/h3,5-6,10,17H,4,7-9H2,1-2H3. The van der Waals surface area contributed by atoms with E-state index in [-0.39, 0.29) is 10.8 Å². The molecular weight excluding hydrogens is 252 g/mol. The van der Waals surface area contributed by atoms with Crippen LogP contribution >= 0.6 is 11.8 Å². The maximum absolute atomic E-state index is 13.6. The highest BCUT2D eigenvalue weighted by molar-refractivity contribution is 8.00. The van der Waals surface area contributed by atoms with Crippen LogP contribution in [0.5, 0.6) is 0 Å². The second kappa shape index (κ2) is 5.57. The highest BCUT2D eigenvalue weighted by Crippen LogP contribution is 2.37. The maximum atomic E-state index is 13.6. The van der Waals surface area contributed by atoms with E-state index >= 15 is 0 Å². The molecular formula is C14H19F2NS. The van der Waals surface area contributed by atoms with E-state index in [1.165, 1.54) is 18.6 Å². The maximum Gasteiger partial charge on any atom is 0.163 e. The lowest BCUT2D eigenvalue weighted by molar-refractivity contribution is 0.453. The molecule has 0 aromatic heterocycles. The van der Waals surface area contributed by atoms with Crippen LogP contribution in [0.25, 0.3) is 0 Å². The van der Waals surface area contributed by atoms with Gasteiger partial charge in [-0.25, -0.2) is 8.78 Å². The lowest BCUT2D eigenvalue weighted by Gasteiger charge is -2.26. The van der Waals surface area contributed by atoms with Crippen LogP contribution in [0.3, 0.4) is 0 Å². The van der Waals surface area contributed by atoms with Gasteiger partial charge in [-0.2, -0.15) is 11.8 Å². The topological polar surface area (TPSA) is 12.0 Å². The molecule has 0 radical (unpaired) electrons. The zero-order valence-electron chi connectivity index (χ0n) is 10.8. The van der Waals surface area contributed by atoms with Crippen molar-refractivity contribution in [1.82, 2.24) is 5.32 Å². The summed E-state index contributed by atoms with van der Waals surface area (Å²) >= 11 is 1.96. The molecule has 1 fully saturated rings. The summed E-state index contributed by atoms with van der Waals surface area (Å²) in [6.07, 6.45) is 2.43. The van der Waals surface area contributed by atoms with E-state index in [4.69, 9.17) is 0 Å². The van der Waals surface area contributed by atoms with Gasteiger partial charge in [-0.1, -0.05) is 12.1 Å². The zero-order valence-corrected chi connectivity index (χ0v) is 11.6. The highest BCUT2D eigenvalue weighted by atomic mass is 32.2. The minimum Gasteiger partial charge on any atom is -0.309 e. The summed E-state index contributed by atoms with van der Waals surface area (Å²) in [5.41, 5.74) is 0.404. The van der Waals surface area contributed by atoms with Gasteiger partial charge in [0.25, 0.3) is 0 Å². The third kappa shape index (κ3) is 3.04. The van der Waals surface area contributed by atoms with E-state index in [1.54, 1.807) is 12.1 Å². The molecule has 0 bridgehead atoms. The molecule has 1 nitrogen and oxygen atoms in total. The van der Waals surface area contributed by atoms with Crippen LogP contribution < -0.4 is 5.32 Å². The summed E-state index contributed by atoms with van der Waals surface area (Å²) in [5, 5.41) is 3.32. The van der Waals surface area contributed by atoms with Gasteiger partial charge < -0.3 is 5.32 Å². The van der Waals surface area contributed by atoms with Crippen LogP contribution in [0.15, 0.2) is 18.2 Å². The van der Waals surface area contributed by atoms with Crippen molar-refractivity contribution in [2.45, 2.75) is 37.5 Å². The molecule has 2 rings (SSSR count). The molecule has 100 valence electrons. The van der Waals surface area contributed by atoms with E-state index in [0.717, 1.165) is 12.6 Å². The molecule has 1 aliphatic heterocycles. The number of halogens is 2. The van der Waals surface area contributed by atoms with Gasteiger partial charge in [0.2, 0.25) is 0 Å². The van der Waals surface area contributed by atoms with E-state index in [1.807, 2.05) is 18.7 Å². The molecule has 2 unspecified atom stereocenters. The minimum absolute atomic E-state index is 0.168. The number of hydrogen-bond donors (Lipinski definition) is 1. The Morgan fingerprint density at radius 1 is 1.44 bits per heavy atom. The van der Waals surface area contributed by atoms with Gasteiger partial charge in [0.05, 0.1) is 0 Å². The summed E-state index contributed by atoms with van der Waals surface area (Å²) in [6.45, 7) is 4.93. The van der Waals surface area contributed by atoms with Gasteiger partial charge in [-0.3, -0.25) is 0 Å². The van der Waals surface area contributed by atoms with Crippen molar-refractivity contribution in [2.24, 2.45) is 0 Å². The number of nitrogens with one attached hydrogen (secondary N) is 1. The molecule has 0 spiro atoms. The molecule has 1 saturated heterocycles. The van der Waals surface area contributed by atoms with Crippen LogP contribution in [0, 0.1) is 11.6 Å². The average Bonchev–Trinajstić information content (AvgIpc) is 2.77. The Hall–Kier alpha value is -0.610. The summed E-state index contributed by atoms with van der Waals surface area (Å²) in [5.74, 6) is -0.315. The van der Waals surface area contributed by atoms with E-state index in [0.29, 0.717) is 5.56 Å². The Morgan fingerprint density at radius 3 is 2.89 bits per heavy atom. The smallest absolute Gasteiger partial charge is 0.163 e. The first-order chi connectivity index (χ1) is 8.52. The van der Waals surface area contributed by atoms with Crippen LogP contribution in [0.4, 0.5) is 8.78 Å². The Bertz CT molecular complexity index is 416. The minimum atomic E-state index is -0.775. The molecule has 1 aliphatic rings. The first kappa shape index (κ1) is 13.8. The predicted molar refractivity (Wildman–Crippen MR) is 72.9 cm³/mol. The van der Waals surface area contributed by atoms with Crippen LogP contribution in [-0.4, -0.2) is 17.0 Å². The van der Waals surface area contributed by atoms with Crippen molar-refractivity contribution in [2.75, 3.05) is 12.3 Å². The molecule has 0 aliphatic carbocycles. The number of rotatable bonds is 4. The van der Waals surface area contributed by atoms with Crippen molar-refractivity contribution in [3.05, 3.63) is 35.4 Å². The quantitative estimate of drug-likeness (QED) is 0.891. The van der Waals surface area contributed by atoms with Gasteiger partial charge in [0.1, 0.15) is 0 Å². The molecule has 4 heteroatoms. The molecule has 1 N–H and O–H groups in total. The fourth-order valence-corrected chi connectivity index (χ4v) is 3.57. The second-order valence-corrected chi connectivity index (χ2v) is 6.83. The van der Waals surface area contributed by atoms with Gasteiger partial charge in [0, 0.05) is 22.9 Å². The predicted octanol–water partition coefficient (Wildman–Crippen LogP) is 3.90. The van der Waals surface area contributed by atoms with Gasteiger partial charge in [-0.15, -0.1) is 0 Å². The normalized spacial score (nSPS) is 25.3. The SMILES string of the molecule is CC(NCC1(C)CCCS1)c1cccc(F)c1F. The summed E-state index contributed by atoms with van der Waals surface area (Å²) in [7, 11) is 0. The van der Waals surface area contributed by atoms with E-state index in [2.05, 4.69) is 12.2 Å². The fraction of sp³-hybridized carbons (Fsp3) is 0.571. The Balaban J connectivity index is 1.99. The average molecular weight is 271 g/mol. The molecule has 0 saturated carbocycles. The van der Waals surface area contributed by atoms with Crippen LogP contribution in [-0.2, 0) is 0 Å². The van der Waals surface area contributed by atoms with Crippen molar-refractivity contribution in [3.63, 3.8) is 0 Å².